The van der Waals surface area contributed by atoms with E-state index in [-0.39, 0.29) is 11.9 Å². The van der Waals surface area contributed by atoms with Gasteiger partial charge in [-0.2, -0.15) is 5.26 Å². The molecule has 0 aliphatic carbocycles. The molecule has 0 heterocycles. The minimum Gasteiger partial charge on any atom is -0.380 e. The summed E-state index contributed by atoms with van der Waals surface area (Å²) >= 11 is 0. The molecule has 0 saturated carbocycles. The molecule has 0 saturated heterocycles. The van der Waals surface area contributed by atoms with Gasteiger partial charge in [-0.3, -0.25) is 0 Å². The summed E-state index contributed by atoms with van der Waals surface area (Å²) in [5, 5.41) is 11.4. The number of hydrogen-bond acceptors (Lipinski definition) is 3. The molecule has 104 valence electrons. The van der Waals surface area contributed by atoms with Crippen LogP contribution in [0.4, 0.5) is 4.79 Å². The van der Waals surface area contributed by atoms with Crippen LogP contribution in [0, 0.1) is 23.2 Å². The molecule has 0 fully saturated rings. The van der Waals surface area contributed by atoms with Gasteiger partial charge in [0.1, 0.15) is 0 Å². The predicted molar refractivity (Wildman–Crippen MR) is 71.1 cm³/mol. The number of urea groups is 1. The molecule has 0 rings (SSSR count). The van der Waals surface area contributed by atoms with Crippen molar-refractivity contribution in [3.8, 4) is 6.07 Å². The highest BCUT2D eigenvalue weighted by Gasteiger charge is 2.10. The van der Waals surface area contributed by atoms with Crippen molar-refractivity contribution in [1.82, 2.24) is 10.2 Å². The van der Waals surface area contributed by atoms with E-state index in [9.17, 15) is 4.79 Å². The van der Waals surface area contributed by atoms with Crippen LogP contribution in [0.3, 0.4) is 0 Å². The molecular weight excluding hydrogens is 230 g/mol. The molecule has 0 spiro atoms. The molecule has 0 aromatic rings. The number of carbonyl (C=O) groups excluding carboxylic acids is 1. The molecule has 0 bridgehead atoms. The Bertz CT molecular complexity index is 274. The first-order valence-corrected chi connectivity index (χ1v) is 6.43. The van der Waals surface area contributed by atoms with Gasteiger partial charge < -0.3 is 15.0 Å². The van der Waals surface area contributed by atoms with Gasteiger partial charge >= 0.3 is 6.03 Å². The molecular formula is C13H25N3O2. The largest absolute Gasteiger partial charge is 0.380 e. The van der Waals surface area contributed by atoms with Crippen LogP contribution in [0.15, 0.2) is 0 Å². The highest BCUT2D eigenvalue weighted by atomic mass is 16.5. The Morgan fingerprint density at radius 2 is 2.06 bits per heavy atom. The van der Waals surface area contributed by atoms with Crippen molar-refractivity contribution in [2.75, 3.05) is 33.4 Å². The Labute approximate surface area is 110 Å². The van der Waals surface area contributed by atoms with E-state index in [1.165, 1.54) is 4.90 Å². The maximum Gasteiger partial charge on any atom is 0.317 e. The highest BCUT2D eigenvalue weighted by Crippen LogP contribution is 1.98. The average Bonchev–Trinajstić information content (AvgIpc) is 2.32. The normalized spacial score (nSPS) is 12.0. The molecule has 1 N–H and O–H groups in total. The zero-order chi connectivity index (χ0) is 14.0. The fraction of sp³-hybridized carbons (Fsp3) is 0.846. The third-order valence-electron chi connectivity index (χ3n) is 2.48. The lowest BCUT2D eigenvalue weighted by molar-refractivity contribution is 0.124. The second-order valence-electron chi connectivity index (χ2n) is 4.94. The standard InChI is InChI=1S/C13H25N3O2/c1-11(2)5-7-18-8-6-15-13(17)16(4)10-12(3)9-14/h11-12H,5-8,10H2,1-4H3,(H,15,17). The molecule has 0 aromatic heterocycles. The van der Waals surface area contributed by atoms with Gasteiger partial charge in [0.05, 0.1) is 18.6 Å². The summed E-state index contributed by atoms with van der Waals surface area (Å²) < 4.78 is 5.39. The fourth-order valence-electron chi connectivity index (χ4n) is 1.32. The van der Waals surface area contributed by atoms with Gasteiger partial charge in [-0.25, -0.2) is 4.79 Å². The first kappa shape index (κ1) is 16.7. The monoisotopic (exact) mass is 255 g/mol. The molecule has 0 aliphatic heterocycles. The van der Waals surface area contributed by atoms with E-state index in [1.807, 2.05) is 0 Å². The first-order chi connectivity index (χ1) is 8.47. The Morgan fingerprint density at radius 1 is 1.39 bits per heavy atom. The molecule has 5 nitrogen and oxygen atoms in total. The quantitative estimate of drug-likeness (QED) is 0.673. The molecule has 0 aromatic carbocycles. The zero-order valence-corrected chi connectivity index (χ0v) is 11.9. The van der Waals surface area contributed by atoms with E-state index in [1.54, 1.807) is 14.0 Å². The second-order valence-corrected chi connectivity index (χ2v) is 4.94. The number of amides is 2. The molecule has 18 heavy (non-hydrogen) atoms. The summed E-state index contributed by atoms with van der Waals surface area (Å²) in [6.45, 7) is 8.29. The Hall–Kier alpha value is -1.28. The van der Waals surface area contributed by atoms with Gasteiger partial charge in [-0.05, 0) is 19.3 Å². The lowest BCUT2D eigenvalue weighted by Gasteiger charge is -2.18. The number of carbonyl (C=O) groups is 1. The smallest absolute Gasteiger partial charge is 0.317 e. The zero-order valence-electron chi connectivity index (χ0n) is 11.9. The van der Waals surface area contributed by atoms with Crippen molar-refractivity contribution in [3.63, 3.8) is 0 Å². The number of nitrogens with one attached hydrogen (secondary N) is 1. The molecule has 1 atom stereocenters. The summed E-state index contributed by atoms with van der Waals surface area (Å²) in [4.78, 5) is 13.1. The van der Waals surface area contributed by atoms with Crippen molar-refractivity contribution in [2.45, 2.75) is 27.2 Å². The van der Waals surface area contributed by atoms with Crippen molar-refractivity contribution < 1.29 is 9.53 Å². The van der Waals surface area contributed by atoms with Crippen LogP contribution >= 0.6 is 0 Å². The molecule has 0 aliphatic rings. The van der Waals surface area contributed by atoms with Gasteiger partial charge in [-0.15, -0.1) is 0 Å². The third-order valence-corrected chi connectivity index (χ3v) is 2.48. The van der Waals surface area contributed by atoms with Gasteiger partial charge in [-0.1, -0.05) is 13.8 Å². The van der Waals surface area contributed by atoms with Crippen molar-refractivity contribution >= 4 is 6.03 Å². The van der Waals surface area contributed by atoms with E-state index >= 15 is 0 Å². The first-order valence-electron chi connectivity index (χ1n) is 6.43. The van der Waals surface area contributed by atoms with Crippen LogP contribution in [0.1, 0.15) is 27.2 Å². The summed E-state index contributed by atoms with van der Waals surface area (Å²) in [5.74, 6) is 0.487. The van der Waals surface area contributed by atoms with E-state index in [0.29, 0.717) is 25.6 Å². The van der Waals surface area contributed by atoms with Crippen LogP contribution in [-0.4, -0.2) is 44.3 Å². The third kappa shape index (κ3) is 8.82. The lowest BCUT2D eigenvalue weighted by atomic mass is 10.1. The van der Waals surface area contributed by atoms with Crippen molar-refractivity contribution in [2.24, 2.45) is 11.8 Å². The van der Waals surface area contributed by atoms with E-state index in [0.717, 1.165) is 13.0 Å². The van der Waals surface area contributed by atoms with Crippen molar-refractivity contribution in [3.05, 3.63) is 0 Å². The van der Waals surface area contributed by atoms with E-state index in [2.05, 4.69) is 25.2 Å². The highest BCUT2D eigenvalue weighted by molar-refractivity contribution is 5.73. The summed E-state index contributed by atoms with van der Waals surface area (Å²) in [7, 11) is 1.68. The fourth-order valence-corrected chi connectivity index (χ4v) is 1.32. The van der Waals surface area contributed by atoms with Crippen LogP contribution < -0.4 is 5.32 Å². The van der Waals surface area contributed by atoms with Crippen LogP contribution in [-0.2, 0) is 4.74 Å². The molecule has 1 unspecified atom stereocenters. The second kappa shape index (κ2) is 9.72. The summed E-state index contributed by atoms with van der Waals surface area (Å²) in [6, 6.07) is 1.94. The van der Waals surface area contributed by atoms with Crippen LogP contribution in [0.2, 0.25) is 0 Å². The Morgan fingerprint density at radius 3 is 2.61 bits per heavy atom. The molecule has 2 amide bonds. The van der Waals surface area contributed by atoms with Crippen molar-refractivity contribution in [1.29, 1.82) is 5.26 Å². The minimum absolute atomic E-state index is 0.150. The Kier molecular flexibility index (Phi) is 9.03. The summed E-state index contributed by atoms with van der Waals surface area (Å²) in [6.07, 6.45) is 1.04. The summed E-state index contributed by atoms with van der Waals surface area (Å²) in [5.41, 5.74) is 0. The van der Waals surface area contributed by atoms with Gasteiger partial charge in [0.25, 0.3) is 0 Å². The number of hydrogen-bond donors (Lipinski definition) is 1. The van der Waals surface area contributed by atoms with Gasteiger partial charge in [0, 0.05) is 26.7 Å². The number of ether oxygens (including phenoxy) is 1. The molecule has 5 heteroatoms. The number of rotatable bonds is 8. The van der Waals surface area contributed by atoms with Gasteiger partial charge in [0.2, 0.25) is 0 Å². The topological polar surface area (TPSA) is 65.4 Å². The minimum atomic E-state index is -0.162. The maximum absolute atomic E-state index is 11.6. The molecule has 0 radical (unpaired) electrons. The van der Waals surface area contributed by atoms with E-state index in [4.69, 9.17) is 10.00 Å². The van der Waals surface area contributed by atoms with Crippen LogP contribution in [0.5, 0.6) is 0 Å². The Balaban J connectivity index is 3.56. The van der Waals surface area contributed by atoms with E-state index < -0.39 is 0 Å². The maximum atomic E-state index is 11.6. The average molecular weight is 255 g/mol. The number of nitriles is 1. The lowest BCUT2D eigenvalue weighted by Crippen LogP contribution is -2.40. The SMILES string of the molecule is CC(C)CCOCCNC(=O)N(C)CC(C)C#N. The number of nitrogens with zero attached hydrogens (tertiary/aromatic N) is 2. The van der Waals surface area contributed by atoms with Crippen LogP contribution in [0.25, 0.3) is 0 Å². The van der Waals surface area contributed by atoms with Gasteiger partial charge in [0.15, 0.2) is 0 Å². The predicted octanol–water partition coefficient (Wildman–Crippen LogP) is 1.85.